The van der Waals surface area contributed by atoms with Gasteiger partial charge in [-0.05, 0) is 62.5 Å². The lowest BCUT2D eigenvalue weighted by Gasteiger charge is -2.34. The van der Waals surface area contributed by atoms with Gasteiger partial charge in [0, 0.05) is 24.7 Å². The summed E-state index contributed by atoms with van der Waals surface area (Å²) in [4.78, 5) is 15.2. The zero-order valence-electron chi connectivity index (χ0n) is 15.3. The highest BCUT2D eigenvalue weighted by Crippen LogP contribution is 2.44. The first kappa shape index (κ1) is 17.2. The Morgan fingerprint density at radius 3 is 2.52 bits per heavy atom. The van der Waals surface area contributed by atoms with Gasteiger partial charge in [0.25, 0.3) is 10.0 Å². The highest BCUT2D eigenvalue weighted by molar-refractivity contribution is 7.90. The molecule has 1 aromatic carbocycles. The van der Waals surface area contributed by atoms with Gasteiger partial charge in [0.2, 0.25) is 5.91 Å². The van der Waals surface area contributed by atoms with Gasteiger partial charge in [-0.3, -0.25) is 4.79 Å². The van der Waals surface area contributed by atoms with Crippen molar-refractivity contribution in [1.82, 2.24) is 10.2 Å². The zero-order chi connectivity index (χ0) is 18.6. The molecule has 2 aliphatic heterocycles. The van der Waals surface area contributed by atoms with Crippen molar-refractivity contribution in [3.05, 3.63) is 29.8 Å². The first-order valence-corrected chi connectivity index (χ1v) is 11.5. The molecule has 4 aliphatic rings. The first-order chi connectivity index (χ1) is 13.0. The molecule has 1 amide bonds. The van der Waals surface area contributed by atoms with E-state index < -0.39 is 10.0 Å². The van der Waals surface area contributed by atoms with Crippen molar-refractivity contribution in [2.75, 3.05) is 13.1 Å². The highest BCUT2D eigenvalue weighted by atomic mass is 32.2. The van der Waals surface area contributed by atoms with Crippen LogP contribution in [0.15, 0.2) is 33.6 Å². The van der Waals surface area contributed by atoms with E-state index in [4.69, 9.17) is 0 Å². The number of fused-ring (bicyclic) bond motifs is 1. The summed E-state index contributed by atoms with van der Waals surface area (Å²) >= 11 is 0. The zero-order valence-corrected chi connectivity index (χ0v) is 16.1. The Kier molecular flexibility index (Phi) is 4.04. The number of likely N-dealkylation sites (tertiary alicyclic amines) is 1. The molecule has 0 radical (unpaired) electrons. The van der Waals surface area contributed by atoms with Crippen molar-refractivity contribution in [2.24, 2.45) is 22.2 Å². The smallest absolute Gasteiger partial charge is 0.285 e. The number of benzene rings is 1. The number of hydrogen-bond donors (Lipinski definition) is 1. The minimum atomic E-state index is -3.62. The van der Waals surface area contributed by atoms with Crippen LogP contribution in [0.25, 0.3) is 0 Å². The number of amidine groups is 1. The van der Waals surface area contributed by atoms with Gasteiger partial charge in [-0.2, -0.15) is 8.42 Å². The predicted molar refractivity (Wildman–Crippen MR) is 102 cm³/mol. The third-order valence-electron chi connectivity index (χ3n) is 6.27. The molecule has 7 heteroatoms. The van der Waals surface area contributed by atoms with E-state index in [9.17, 15) is 13.2 Å². The number of carbonyl (C=O) groups is 1. The van der Waals surface area contributed by atoms with E-state index in [1.807, 2.05) is 11.0 Å². The molecule has 1 N–H and O–H groups in total. The van der Waals surface area contributed by atoms with Crippen LogP contribution in [0.4, 0.5) is 0 Å². The summed E-state index contributed by atoms with van der Waals surface area (Å²) in [5.41, 5.74) is 0.660. The van der Waals surface area contributed by atoms with Crippen LogP contribution in [0, 0.1) is 17.8 Å². The number of amides is 1. The predicted octanol–water partition coefficient (Wildman–Crippen LogP) is 2.15. The highest BCUT2D eigenvalue weighted by Gasteiger charge is 2.43. The van der Waals surface area contributed by atoms with Gasteiger partial charge in [-0.1, -0.05) is 12.1 Å². The Morgan fingerprint density at radius 1 is 1.11 bits per heavy atom. The van der Waals surface area contributed by atoms with E-state index in [1.54, 1.807) is 18.2 Å². The minimum Gasteiger partial charge on any atom is -0.355 e. The topological polar surface area (TPSA) is 78.8 Å². The van der Waals surface area contributed by atoms with Gasteiger partial charge in [-0.25, -0.2) is 0 Å². The quantitative estimate of drug-likeness (QED) is 0.859. The lowest BCUT2D eigenvalue weighted by molar-refractivity contribution is -0.127. The lowest BCUT2D eigenvalue weighted by atomic mass is 9.95. The van der Waals surface area contributed by atoms with E-state index >= 15 is 0 Å². The molecule has 2 saturated carbocycles. The van der Waals surface area contributed by atoms with Crippen molar-refractivity contribution < 1.29 is 13.2 Å². The van der Waals surface area contributed by atoms with Crippen LogP contribution in [0.3, 0.4) is 0 Å². The van der Waals surface area contributed by atoms with Crippen molar-refractivity contribution >= 4 is 21.8 Å². The molecule has 0 bridgehead atoms. The molecular weight excluding hydrogens is 362 g/mol. The minimum absolute atomic E-state index is 0.100. The number of hydrogen-bond acceptors (Lipinski definition) is 4. The third kappa shape index (κ3) is 3.26. The normalized spacial score (nSPS) is 26.6. The van der Waals surface area contributed by atoms with Gasteiger partial charge < -0.3 is 10.2 Å². The molecule has 1 saturated heterocycles. The molecular formula is C20H25N3O3S. The van der Waals surface area contributed by atoms with Crippen molar-refractivity contribution in [3.8, 4) is 0 Å². The second-order valence-corrected chi connectivity index (χ2v) is 9.95. The van der Waals surface area contributed by atoms with Crippen molar-refractivity contribution in [3.63, 3.8) is 0 Å². The van der Waals surface area contributed by atoms with Gasteiger partial charge in [0.15, 0.2) is 5.84 Å². The number of nitrogens with zero attached hydrogens (tertiary/aromatic N) is 2. The second kappa shape index (κ2) is 6.33. The summed E-state index contributed by atoms with van der Waals surface area (Å²) in [5, 5.41) is 3.33. The summed E-state index contributed by atoms with van der Waals surface area (Å²) in [5.74, 6) is 1.90. The van der Waals surface area contributed by atoms with E-state index in [-0.39, 0.29) is 16.7 Å². The number of nitrogens with one attached hydrogen (secondary N) is 1. The molecule has 5 rings (SSSR count). The van der Waals surface area contributed by atoms with Crippen LogP contribution < -0.4 is 5.32 Å². The van der Waals surface area contributed by atoms with Crippen LogP contribution >= 0.6 is 0 Å². The van der Waals surface area contributed by atoms with Gasteiger partial charge in [0.05, 0.1) is 5.92 Å². The Morgan fingerprint density at radius 2 is 1.81 bits per heavy atom. The summed E-state index contributed by atoms with van der Waals surface area (Å²) in [6, 6.07) is 7.32. The molecule has 3 fully saturated rings. The maximum atomic E-state index is 12.9. The molecule has 0 spiro atoms. The van der Waals surface area contributed by atoms with Gasteiger partial charge in [-0.15, -0.1) is 4.40 Å². The van der Waals surface area contributed by atoms with Crippen LogP contribution in [-0.2, 0) is 14.8 Å². The van der Waals surface area contributed by atoms with Gasteiger partial charge in [0.1, 0.15) is 4.90 Å². The maximum Gasteiger partial charge on any atom is 0.285 e. The lowest BCUT2D eigenvalue weighted by Crippen LogP contribution is -2.48. The Hall–Kier alpha value is -1.89. The second-order valence-electron chi connectivity index (χ2n) is 8.38. The van der Waals surface area contributed by atoms with Crippen LogP contribution in [0.5, 0.6) is 0 Å². The molecule has 1 aromatic rings. The average molecular weight is 388 g/mol. The molecule has 1 unspecified atom stereocenters. The molecule has 2 aliphatic carbocycles. The van der Waals surface area contributed by atoms with Gasteiger partial charge >= 0.3 is 0 Å². The molecule has 0 aromatic heterocycles. The summed E-state index contributed by atoms with van der Waals surface area (Å²) in [6.07, 6.45) is 6.68. The molecule has 27 heavy (non-hydrogen) atoms. The van der Waals surface area contributed by atoms with Crippen LogP contribution in [-0.4, -0.2) is 44.2 Å². The maximum absolute atomic E-state index is 12.9. The fourth-order valence-electron chi connectivity index (χ4n) is 4.51. The van der Waals surface area contributed by atoms with E-state index in [2.05, 4.69) is 9.71 Å². The average Bonchev–Trinajstić information content (AvgIpc) is 3.58. The standard InChI is InChI=1S/C20H25N3O3S/c24-20(21-18(13-7-8-13)14-9-10-14)15-4-3-11-23(12-15)19-16-5-1-2-6-17(16)27(25,26)22-19/h1-2,5-6,13-15,18H,3-4,7-12H2,(H,21,24). The van der Waals surface area contributed by atoms with Crippen molar-refractivity contribution in [1.29, 1.82) is 0 Å². The largest absolute Gasteiger partial charge is 0.355 e. The fourth-order valence-corrected chi connectivity index (χ4v) is 5.74. The van der Waals surface area contributed by atoms with Crippen molar-refractivity contribution in [2.45, 2.75) is 49.5 Å². The van der Waals surface area contributed by atoms with E-state index in [0.717, 1.165) is 19.4 Å². The van der Waals surface area contributed by atoms with Crippen LogP contribution in [0.1, 0.15) is 44.1 Å². The molecule has 6 nitrogen and oxygen atoms in total. The number of rotatable bonds is 4. The first-order valence-electron chi connectivity index (χ1n) is 10.0. The summed E-state index contributed by atoms with van der Waals surface area (Å²) in [7, 11) is -3.62. The third-order valence-corrected chi connectivity index (χ3v) is 7.60. The van der Waals surface area contributed by atoms with E-state index in [0.29, 0.717) is 35.8 Å². The number of sulfonamides is 1. The summed E-state index contributed by atoms with van der Waals surface area (Å²) < 4.78 is 28.7. The van der Waals surface area contributed by atoms with Crippen LogP contribution in [0.2, 0.25) is 0 Å². The fraction of sp³-hybridized carbons (Fsp3) is 0.600. The Bertz CT molecular complexity index is 891. The Labute approximate surface area is 160 Å². The SMILES string of the molecule is O=C(NC(C1CC1)C1CC1)C1CCCN(C2=NS(=O)(=O)c3ccccc32)C1. The monoisotopic (exact) mass is 387 g/mol. The molecule has 144 valence electrons. The van der Waals surface area contributed by atoms with E-state index in [1.165, 1.54) is 25.7 Å². The molecule has 1 atom stereocenters. The number of piperidine rings is 1. The Balaban J connectivity index is 1.32. The number of carbonyl (C=O) groups excluding carboxylic acids is 1. The summed E-state index contributed by atoms with van der Waals surface area (Å²) in [6.45, 7) is 1.28. The molecule has 2 heterocycles.